The standard InChI is InChI=1S/C15H13NO2/c1-18-15(17)13-9-5-6-10-14(13)16-11-12-7-3-2-4-8-12/h2-11H,1H3/b16-11-. The molecule has 0 saturated heterocycles. The number of benzene rings is 2. The number of carbonyl (C=O) groups is 1. The lowest BCUT2D eigenvalue weighted by Gasteiger charge is -2.02. The first-order valence-electron chi connectivity index (χ1n) is 5.58. The van der Waals surface area contributed by atoms with Crippen LogP contribution < -0.4 is 0 Å². The molecule has 0 bridgehead atoms. The van der Waals surface area contributed by atoms with Crippen LogP contribution in [0.15, 0.2) is 59.6 Å². The van der Waals surface area contributed by atoms with Gasteiger partial charge >= 0.3 is 5.97 Å². The summed E-state index contributed by atoms with van der Waals surface area (Å²) in [4.78, 5) is 15.9. The monoisotopic (exact) mass is 239 g/mol. The van der Waals surface area contributed by atoms with E-state index in [1.807, 2.05) is 36.4 Å². The number of carbonyl (C=O) groups excluding carboxylic acids is 1. The van der Waals surface area contributed by atoms with E-state index in [-0.39, 0.29) is 5.97 Å². The summed E-state index contributed by atoms with van der Waals surface area (Å²) in [6, 6.07) is 16.8. The maximum Gasteiger partial charge on any atom is 0.340 e. The lowest BCUT2D eigenvalue weighted by atomic mass is 10.2. The summed E-state index contributed by atoms with van der Waals surface area (Å²) in [7, 11) is 1.36. The second kappa shape index (κ2) is 5.77. The molecule has 0 aromatic heterocycles. The van der Waals surface area contributed by atoms with Gasteiger partial charge in [0.25, 0.3) is 0 Å². The Morgan fingerprint density at radius 3 is 2.44 bits per heavy atom. The first-order valence-corrected chi connectivity index (χ1v) is 5.58. The molecule has 0 aliphatic heterocycles. The zero-order valence-electron chi connectivity index (χ0n) is 10.0. The molecule has 3 nitrogen and oxygen atoms in total. The molecule has 0 unspecified atom stereocenters. The zero-order valence-corrected chi connectivity index (χ0v) is 10.0. The highest BCUT2D eigenvalue weighted by Gasteiger charge is 2.09. The van der Waals surface area contributed by atoms with Crippen molar-refractivity contribution in [3.8, 4) is 0 Å². The van der Waals surface area contributed by atoms with E-state index >= 15 is 0 Å². The van der Waals surface area contributed by atoms with Crippen molar-refractivity contribution in [3.05, 3.63) is 65.7 Å². The number of rotatable bonds is 3. The Bertz CT molecular complexity index is 562. The molecule has 0 fully saturated rings. The minimum Gasteiger partial charge on any atom is -0.465 e. The normalized spacial score (nSPS) is 10.5. The van der Waals surface area contributed by atoms with Crippen molar-refractivity contribution in [2.75, 3.05) is 7.11 Å². The topological polar surface area (TPSA) is 38.7 Å². The molecule has 2 aromatic rings. The van der Waals surface area contributed by atoms with Crippen molar-refractivity contribution in [2.24, 2.45) is 4.99 Å². The van der Waals surface area contributed by atoms with Gasteiger partial charge in [-0.2, -0.15) is 0 Å². The van der Waals surface area contributed by atoms with Crippen LogP contribution in [0.3, 0.4) is 0 Å². The Hall–Kier alpha value is -2.42. The maximum absolute atomic E-state index is 11.5. The van der Waals surface area contributed by atoms with Crippen molar-refractivity contribution in [2.45, 2.75) is 0 Å². The minimum atomic E-state index is -0.379. The number of hydrogen-bond acceptors (Lipinski definition) is 3. The minimum absolute atomic E-state index is 0.379. The molecule has 18 heavy (non-hydrogen) atoms. The zero-order chi connectivity index (χ0) is 12.8. The van der Waals surface area contributed by atoms with Gasteiger partial charge in [0.05, 0.1) is 18.4 Å². The summed E-state index contributed by atoms with van der Waals surface area (Å²) in [6.45, 7) is 0. The SMILES string of the molecule is COC(=O)c1ccccc1/N=C\c1ccccc1. The van der Waals surface area contributed by atoms with Crippen molar-refractivity contribution < 1.29 is 9.53 Å². The largest absolute Gasteiger partial charge is 0.465 e. The molecule has 2 aromatic carbocycles. The van der Waals surface area contributed by atoms with E-state index in [1.54, 1.807) is 24.4 Å². The smallest absolute Gasteiger partial charge is 0.340 e. The third-order valence-corrected chi connectivity index (χ3v) is 2.46. The molecule has 0 saturated carbocycles. The Kier molecular flexibility index (Phi) is 3.86. The number of ether oxygens (including phenoxy) is 1. The second-order valence-electron chi connectivity index (χ2n) is 3.68. The van der Waals surface area contributed by atoms with Gasteiger partial charge in [-0.15, -0.1) is 0 Å². The van der Waals surface area contributed by atoms with E-state index in [4.69, 9.17) is 4.74 Å². The molecule has 0 aliphatic rings. The van der Waals surface area contributed by atoms with Crippen molar-refractivity contribution in [3.63, 3.8) is 0 Å². The summed E-state index contributed by atoms with van der Waals surface area (Å²) in [5.74, 6) is -0.379. The van der Waals surface area contributed by atoms with Crippen molar-refractivity contribution in [1.82, 2.24) is 0 Å². The highest BCUT2D eigenvalue weighted by atomic mass is 16.5. The van der Waals surface area contributed by atoms with Gasteiger partial charge in [0.2, 0.25) is 0 Å². The van der Waals surface area contributed by atoms with Gasteiger partial charge in [-0.1, -0.05) is 42.5 Å². The van der Waals surface area contributed by atoms with Gasteiger partial charge < -0.3 is 4.74 Å². The lowest BCUT2D eigenvalue weighted by molar-refractivity contribution is 0.0602. The van der Waals surface area contributed by atoms with Gasteiger partial charge in [-0.25, -0.2) is 4.79 Å². The van der Waals surface area contributed by atoms with Gasteiger partial charge in [0.1, 0.15) is 0 Å². The van der Waals surface area contributed by atoms with E-state index in [0.29, 0.717) is 11.3 Å². The van der Waals surface area contributed by atoms with E-state index in [9.17, 15) is 4.79 Å². The van der Waals surface area contributed by atoms with Crippen LogP contribution in [-0.4, -0.2) is 19.3 Å². The van der Waals surface area contributed by atoms with Crippen LogP contribution in [-0.2, 0) is 4.74 Å². The van der Waals surface area contributed by atoms with Gasteiger partial charge in [0.15, 0.2) is 0 Å². The van der Waals surface area contributed by atoms with Gasteiger partial charge in [-0.05, 0) is 17.7 Å². The van der Waals surface area contributed by atoms with Crippen LogP contribution in [0.4, 0.5) is 5.69 Å². The molecule has 0 amide bonds. The molecule has 0 N–H and O–H groups in total. The quantitative estimate of drug-likeness (QED) is 0.609. The first-order chi connectivity index (χ1) is 8.81. The average Bonchev–Trinajstić information content (AvgIpc) is 2.45. The fraction of sp³-hybridized carbons (Fsp3) is 0.0667. The fourth-order valence-corrected chi connectivity index (χ4v) is 1.55. The van der Waals surface area contributed by atoms with Crippen LogP contribution in [0.2, 0.25) is 0 Å². The molecule has 90 valence electrons. The summed E-state index contributed by atoms with van der Waals surface area (Å²) in [6.07, 6.45) is 1.72. The number of nitrogens with zero attached hydrogens (tertiary/aromatic N) is 1. The Morgan fingerprint density at radius 1 is 1.06 bits per heavy atom. The van der Waals surface area contributed by atoms with Crippen LogP contribution in [0.1, 0.15) is 15.9 Å². The Balaban J connectivity index is 2.29. The van der Waals surface area contributed by atoms with Crippen LogP contribution in [0, 0.1) is 0 Å². The van der Waals surface area contributed by atoms with E-state index in [1.165, 1.54) is 7.11 Å². The van der Waals surface area contributed by atoms with E-state index in [0.717, 1.165) is 5.56 Å². The summed E-state index contributed by atoms with van der Waals surface area (Å²) >= 11 is 0. The van der Waals surface area contributed by atoms with Gasteiger partial charge in [0, 0.05) is 6.21 Å². The molecular formula is C15H13NO2. The lowest BCUT2D eigenvalue weighted by Crippen LogP contribution is -2.01. The predicted octanol–water partition coefficient (Wildman–Crippen LogP) is 3.22. The third kappa shape index (κ3) is 2.83. The number of methoxy groups -OCH3 is 1. The summed E-state index contributed by atoms with van der Waals surface area (Å²) < 4.78 is 4.72. The first kappa shape index (κ1) is 12.0. The average molecular weight is 239 g/mol. The fourth-order valence-electron chi connectivity index (χ4n) is 1.55. The number of aliphatic imine (C=N–C) groups is 1. The van der Waals surface area contributed by atoms with Crippen molar-refractivity contribution >= 4 is 17.9 Å². The Labute approximate surface area is 106 Å². The molecule has 2 rings (SSSR count). The molecular weight excluding hydrogens is 226 g/mol. The van der Waals surface area contributed by atoms with Crippen LogP contribution >= 0.6 is 0 Å². The molecule has 3 heteroatoms. The van der Waals surface area contributed by atoms with Crippen molar-refractivity contribution in [1.29, 1.82) is 0 Å². The second-order valence-corrected chi connectivity index (χ2v) is 3.68. The molecule has 0 heterocycles. The van der Waals surface area contributed by atoms with Crippen LogP contribution in [0.25, 0.3) is 0 Å². The van der Waals surface area contributed by atoms with Crippen LogP contribution in [0.5, 0.6) is 0 Å². The number of para-hydroxylation sites is 1. The summed E-state index contributed by atoms with van der Waals surface area (Å²) in [5.41, 5.74) is 2.05. The molecule has 0 aliphatic carbocycles. The third-order valence-electron chi connectivity index (χ3n) is 2.46. The number of esters is 1. The molecule has 0 atom stereocenters. The van der Waals surface area contributed by atoms with Gasteiger partial charge in [-0.3, -0.25) is 4.99 Å². The number of hydrogen-bond donors (Lipinski definition) is 0. The Morgan fingerprint density at radius 2 is 1.72 bits per heavy atom. The van der Waals surface area contributed by atoms with E-state index < -0.39 is 0 Å². The predicted molar refractivity (Wildman–Crippen MR) is 71.5 cm³/mol. The molecule has 0 radical (unpaired) electrons. The molecule has 0 spiro atoms. The van der Waals surface area contributed by atoms with E-state index in [2.05, 4.69) is 4.99 Å². The maximum atomic E-state index is 11.5. The highest BCUT2D eigenvalue weighted by molar-refractivity contribution is 5.96. The summed E-state index contributed by atoms with van der Waals surface area (Å²) in [5, 5.41) is 0. The highest BCUT2D eigenvalue weighted by Crippen LogP contribution is 2.19.